The molecular weight excluding hydrogens is 276 g/mol. The van der Waals surface area contributed by atoms with Crippen molar-refractivity contribution in [3.8, 4) is 0 Å². The number of rotatable bonds is 1. The average molecular weight is 294 g/mol. The topological polar surface area (TPSA) is 108 Å². The average Bonchev–Trinajstić information content (AvgIpc) is 2.62. The molecule has 1 unspecified atom stereocenters. The normalized spacial score (nSPS) is 20.0. The molecule has 3 rings (SSSR count). The van der Waals surface area contributed by atoms with Gasteiger partial charge in [0.25, 0.3) is 5.56 Å². The van der Waals surface area contributed by atoms with Crippen LogP contribution in [0.5, 0.6) is 0 Å². The van der Waals surface area contributed by atoms with Crippen molar-refractivity contribution >= 4 is 17.1 Å². The summed E-state index contributed by atoms with van der Waals surface area (Å²) in [7, 11) is 3.30. The molecule has 1 aliphatic heterocycles. The molecule has 0 amide bonds. The summed E-state index contributed by atoms with van der Waals surface area (Å²) in [6.45, 7) is 2.34. The molecule has 3 heterocycles. The highest BCUT2D eigenvalue weighted by Crippen LogP contribution is 2.18. The molecule has 0 saturated carbocycles. The van der Waals surface area contributed by atoms with E-state index in [1.54, 1.807) is 18.7 Å². The Labute approximate surface area is 119 Å². The van der Waals surface area contributed by atoms with E-state index >= 15 is 0 Å². The number of hydrogen-bond donors (Lipinski definition) is 3. The van der Waals surface area contributed by atoms with E-state index < -0.39 is 17.4 Å². The highest BCUT2D eigenvalue weighted by molar-refractivity contribution is 5.74. The number of fused-ring (bicyclic) bond motifs is 1. The van der Waals surface area contributed by atoms with Gasteiger partial charge in [-0.25, -0.2) is 4.79 Å². The van der Waals surface area contributed by atoms with Crippen molar-refractivity contribution < 1.29 is 5.11 Å². The van der Waals surface area contributed by atoms with E-state index in [2.05, 4.69) is 15.3 Å². The molecule has 114 valence electrons. The second-order valence-corrected chi connectivity index (χ2v) is 5.27. The molecule has 0 aliphatic carbocycles. The number of nitrogens with zero attached hydrogens (tertiary/aromatic N) is 4. The van der Waals surface area contributed by atoms with E-state index in [0.717, 1.165) is 6.54 Å². The predicted molar refractivity (Wildman–Crippen MR) is 77.7 cm³/mol. The Balaban J connectivity index is 2.18. The molecule has 0 radical (unpaired) electrons. The van der Waals surface area contributed by atoms with Crippen molar-refractivity contribution in [2.45, 2.75) is 6.10 Å². The monoisotopic (exact) mass is 294 g/mol. The first kappa shape index (κ1) is 13.8. The van der Waals surface area contributed by atoms with E-state index in [1.807, 2.05) is 4.90 Å². The number of aliphatic hydroxyl groups excluding tert-OH is 1. The van der Waals surface area contributed by atoms with Crippen LogP contribution in [0.3, 0.4) is 0 Å². The molecule has 1 fully saturated rings. The lowest BCUT2D eigenvalue weighted by Crippen LogP contribution is -2.34. The fraction of sp³-hybridized carbons (Fsp3) is 0.583. The quantitative estimate of drug-likeness (QED) is 0.547. The number of anilines is 1. The van der Waals surface area contributed by atoms with Gasteiger partial charge in [0.1, 0.15) is 0 Å². The Morgan fingerprint density at radius 3 is 2.81 bits per heavy atom. The van der Waals surface area contributed by atoms with Crippen molar-refractivity contribution in [2.75, 3.05) is 31.1 Å². The molecule has 0 spiro atoms. The Morgan fingerprint density at radius 1 is 1.29 bits per heavy atom. The highest BCUT2D eigenvalue weighted by atomic mass is 16.3. The fourth-order valence-corrected chi connectivity index (χ4v) is 2.65. The summed E-state index contributed by atoms with van der Waals surface area (Å²) in [6.07, 6.45) is -0.505. The van der Waals surface area contributed by atoms with Crippen molar-refractivity contribution in [2.24, 2.45) is 14.1 Å². The molecule has 21 heavy (non-hydrogen) atoms. The van der Waals surface area contributed by atoms with E-state index in [0.29, 0.717) is 36.7 Å². The number of aliphatic hydroxyl groups is 1. The Kier molecular flexibility index (Phi) is 3.30. The van der Waals surface area contributed by atoms with Gasteiger partial charge >= 0.3 is 5.69 Å². The maximum absolute atomic E-state index is 12.0. The molecule has 0 bridgehead atoms. The van der Waals surface area contributed by atoms with Gasteiger partial charge in [-0.15, -0.1) is 0 Å². The number of nitrogens with one attached hydrogen (secondary N) is 2. The molecule has 1 atom stereocenters. The third-order valence-electron chi connectivity index (χ3n) is 3.76. The summed E-state index contributed by atoms with van der Waals surface area (Å²) in [5.41, 5.74) is -0.260. The Bertz CT molecular complexity index is 789. The van der Waals surface area contributed by atoms with Gasteiger partial charge in [-0.05, 0) is 0 Å². The third kappa shape index (κ3) is 2.24. The second-order valence-electron chi connectivity index (χ2n) is 5.27. The van der Waals surface area contributed by atoms with E-state index in [4.69, 9.17) is 0 Å². The number of aromatic amines is 1. The molecule has 9 nitrogen and oxygen atoms in total. The molecule has 9 heteroatoms. The molecule has 0 aromatic carbocycles. The van der Waals surface area contributed by atoms with Crippen LogP contribution in [-0.4, -0.2) is 56.5 Å². The lowest BCUT2D eigenvalue weighted by molar-refractivity contribution is 0.184. The van der Waals surface area contributed by atoms with Crippen LogP contribution in [0.4, 0.5) is 5.95 Å². The molecule has 3 N–H and O–H groups in total. The van der Waals surface area contributed by atoms with Gasteiger partial charge in [-0.3, -0.25) is 14.3 Å². The molecule has 1 aliphatic rings. The van der Waals surface area contributed by atoms with Crippen molar-refractivity contribution in [1.29, 1.82) is 0 Å². The summed E-state index contributed by atoms with van der Waals surface area (Å²) >= 11 is 0. The molecule has 2 aromatic rings. The van der Waals surface area contributed by atoms with Crippen LogP contribution in [-0.2, 0) is 14.1 Å². The van der Waals surface area contributed by atoms with Crippen LogP contribution in [0.2, 0.25) is 0 Å². The van der Waals surface area contributed by atoms with Crippen LogP contribution in [0.25, 0.3) is 11.2 Å². The van der Waals surface area contributed by atoms with Crippen LogP contribution in [0.15, 0.2) is 9.59 Å². The van der Waals surface area contributed by atoms with E-state index in [-0.39, 0.29) is 0 Å². The van der Waals surface area contributed by atoms with Crippen molar-refractivity contribution in [3.63, 3.8) is 0 Å². The zero-order valence-electron chi connectivity index (χ0n) is 12.0. The maximum atomic E-state index is 12.0. The minimum Gasteiger partial charge on any atom is -0.390 e. The van der Waals surface area contributed by atoms with Crippen LogP contribution in [0.1, 0.15) is 0 Å². The zero-order chi connectivity index (χ0) is 15.1. The summed E-state index contributed by atoms with van der Waals surface area (Å²) in [4.78, 5) is 32.3. The van der Waals surface area contributed by atoms with Gasteiger partial charge < -0.3 is 19.9 Å². The van der Waals surface area contributed by atoms with Gasteiger partial charge in [-0.2, -0.15) is 4.98 Å². The summed E-state index contributed by atoms with van der Waals surface area (Å²) < 4.78 is 2.97. The number of aryl methyl sites for hydroxylation is 2. The SMILES string of the molecule is Cn1c(N2CCNCC(O)C2)nc2c1c(=O)[nH]c(=O)n2C. The van der Waals surface area contributed by atoms with Crippen LogP contribution < -0.4 is 21.5 Å². The summed E-state index contributed by atoms with van der Waals surface area (Å²) in [6, 6.07) is 0. The number of H-pyrrole nitrogens is 1. The minimum atomic E-state index is -0.505. The molecule has 1 saturated heterocycles. The lowest BCUT2D eigenvalue weighted by Gasteiger charge is -2.22. The maximum Gasteiger partial charge on any atom is 0.329 e. The van der Waals surface area contributed by atoms with Crippen LogP contribution in [0, 0.1) is 0 Å². The molecule has 2 aromatic heterocycles. The van der Waals surface area contributed by atoms with Crippen molar-refractivity contribution in [1.82, 2.24) is 24.4 Å². The first-order valence-electron chi connectivity index (χ1n) is 6.78. The number of imidazole rings is 1. The first-order chi connectivity index (χ1) is 9.99. The van der Waals surface area contributed by atoms with Gasteiger partial charge in [0.15, 0.2) is 11.2 Å². The van der Waals surface area contributed by atoms with E-state index in [9.17, 15) is 14.7 Å². The highest BCUT2D eigenvalue weighted by Gasteiger charge is 2.22. The van der Waals surface area contributed by atoms with E-state index in [1.165, 1.54) is 4.57 Å². The molecular formula is C12H18N6O3. The third-order valence-corrected chi connectivity index (χ3v) is 3.76. The number of hydrogen-bond acceptors (Lipinski definition) is 6. The summed E-state index contributed by atoms with van der Waals surface area (Å²) in [5, 5.41) is 13.0. The lowest BCUT2D eigenvalue weighted by atomic mass is 10.3. The first-order valence-corrected chi connectivity index (χ1v) is 6.78. The van der Waals surface area contributed by atoms with Gasteiger partial charge in [0.05, 0.1) is 6.10 Å². The number of aromatic nitrogens is 4. The second kappa shape index (κ2) is 5.01. The Hall–Kier alpha value is -2.13. The van der Waals surface area contributed by atoms with Gasteiger partial charge in [0.2, 0.25) is 5.95 Å². The fourth-order valence-electron chi connectivity index (χ4n) is 2.65. The van der Waals surface area contributed by atoms with Crippen molar-refractivity contribution in [3.05, 3.63) is 20.8 Å². The largest absolute Gasteiger partial charge is 0.390 e. The minimum absolute atomic E-state index is 0.341. The number of β-amino-alcohol motifs (C(OH)–C–C–N with tert-alkyl or cyclic N) is 1. The Morgan fingerprint density at radius 2 is 2.05 bits per heavy atom. The summed E-state index contributed by atoms with van der Waals surface area (Å²) in [5.74, 6) is 0.569. The van der Waals surface area contributed by atoms with Gasteiger partial charge in [-0.1, -0.05) is 0 Å². The predicted octanol–water partition coefficient (Wildman–Crippen LogP) is -2.27. The standard InChI is InChI=1S/C12H18N6O3/c1-16-8-9(17(2)12(21)15-10(8)20)14-11(16)18-4-3-13-5-7(19)6-18/h7,13,19H,3-6H2,1-2H3,(H,15,20,21). The smallest absolute Gasteiger partial charge is 0.329 e. The van der Waals surface area contributed by atoms with Crippen LogP contribution >= 0.6 is 0 Å². The van der Waals surface area contributed by atoms with Gasteiger partial charge in [0, 0.05) is 40.3 Å². The zero-order valence-corrected chi connectivity index (χ0v) is 12.0.